The van der Waals surface area contributed by atoms with Gasteiger partial charge in [-0.2, -0.15) is 13.2 Å². The lowest BCUT2D eigenvalue weighted by atomic mass is 9.98. The molecule has 0 aliphatic carbocycles. The van der Waals surface area contributed by atoms with E-state index < -0.39 is 17.6 Å². The lowest BCUT2D eigenvalue weighted by molar-refractivity contribution is -0.137. The van der Waals surface area contributed by atoms with Crippen LogP contribution < -0.4 is 15.0 Å². The molecule has 1 N–H and O–H groups in total. The molecule has 9 heteroatoms. The number of benzene rings is 2. The van der Waals surface area contributed by atoms with Gasteiger partial charge in [-0.05, 0) is 60.5 Å². The largest absolute Gasteiger partial charge is 0.457 e. The first-order valence-corrected chi connectivity index (χ1v) is 9.93. The van der Waals surface area contributed by atoms with E-state index in [1.165, 1.54) is 24.5 Å². The summed E-state index contributed by atoms with van der Waals surface area (Å²) < 4.78 is 43.9. The fraction of sp³-hybridized carbons (Fsp3) is 0.125. The van der Waals surface area contributed by atoms with Crippen LogP contribution in [0.2, 0.25) is 0 Å². The molecule has 0 radical (unpaired) electrons. The molecule has 0 saturated heterocycles. The predicted octanol–water partition coefficient (Wildman–Crippen LogP) is 5.22. The Kier molecular flexibility index (Phi) is 5.87. The van der Waals surface area contributed by atoms with Gasteiger partial charge >= 0.3 is 6.18 Å². The van der Waals surface area contributed by atoms with Crippen LogP contribution in [0.25, 0.3) is 0 Å². The summed E-state index contributed by atoms with van der Waals surface area (Å²) in [5, 5.41) is 2.61. The quantitative estimate of drug-likeness (QED) is 0.538. The maximum atomic E-state index is 13.2. The molecule has 2 aromatic carbocycles. The molecule has 0 unspecified atom stereocenters. The number of hydrogen-bond donors (Lipinski definition) is 1. The highest BCUT2D eigenvalue weighted by molar-refractivity contribution is 6.08. The average Bonchev–Trinajstić information content (AvgIpc) is 2.79. The molecule has 4 rings (SSSR count). The zero-order valence-electron chi connectivity index (χ0n) is 17.2. The monoisotopic (exact) mass is 453 g/mol. The van der Waals surface area contributed by atoms with E-state index in [0.29, 0.717) is 35.7 Å². The van der Waals surface area contributed by atoms with Crippen molar-refractivity contribution in [1.82, 2.24) is 4.98 Å². The summed E-state index contributed by atoms with van der Waals surface area (Å²) in [6.45, 7) is 3.82. The Hall–Kier alpha value is -4.14. The summed E-state index contributed by atoms with van der Waals surface area (Å²) >= 11 is 0. The number of alkyl halides is 3. The molecule has 0 atom stereocenters. The van der Waals surface area contributed by atoms with E-state index in [1.807, 2.05) is 0 Å². The molecule has 0 saturated carbocycles. The number of anilines is 2. The summed E-state index contributed by atoms with van der Waals surface area (Å²) in [7, 11) is 0. The molecule has 0 spiro atoms. The van der Waals surface area contributed by atoms with E-state index in [0.717, 1.165) is 23.8 Å². The zero-order valence-corrected chi connectivity index (χ0v) is 17.2. The van der Waals surface area contributed by atoms with E-state index in [4.69, 9.17) is 4.74 Å². The number of halogens is 3. The number of amides is 2. The first kappa shape index (κ1) is 22.1. The topological polar surface area (TPSA) is 71.5 Å². The molecule has 168 valence electrons. The third-order valence-corrected chi connectivity index (χ3v) is 5.07. The van der Waals surface area contributed by atoms with Gasteiger partial charge in [0.1, 0.15) is 11.5 Å². The molecule has 6 nitrogen and oxygen atoms in total. The van der Waals surface area contributed by atoms with Gasteiger partial charge in [-0.3, -0.25) is 14.6 Å². The third kappa shape index (κ3) is 4.87. The van der Waals surface area contributed by atoms with Crippen LogP contribution >= 0.6 is 0 Å². The van der Waals surface area contributed by atoms with Gasteiger partial charge in [-0.1, -0.05) is 12.6 Å². The van der Waals surface area contributed by atoms with Gasteiger partial charge in [-0.15, -0.1) is 0 Å². The third-order valence-electron chi connectivity index (χ3n) is 5.07. The normalized spacial score (nSPS) is 13.3. The average molecular weight is 453 g/mol. The number of nitrogens with zero attached hydrogens (tertiary/aromatic N) is 2. The van der Waals surface area contributed by atoms with E-state index in [-0.39, 0.29) is 11.7 Å². The second-order valence-corrected chi connectivity index (χ2v) is 7.28. The maximum absolute atomic E-state index is 13.2. The molecule has 2 amide bonds. The van der Waals surface area contributed by atoms with Crippen LogP contribution in [-0.2, 0) is 17.4 Å². The number of fused-ring (bicyclic) bond motifs is 1. The van der Waals surface area contributed by atoms with Crippen molar-refractivity contribution < 1.29 is 27.5 Å². The van der Waals surface area contributed by atoms with Crippen LogP contribution in [0.5, 0.6) is 11.5 Å². The van der Waals surface area contributed by atoms with Crippen LogP contribution in [0.1, 0.15) is 21.5 Å². The SMILES string of the molecule is C=CC(=O)Nc1cncc(N2CCc3ccc(Oc4ccc(C(F)(F)F)cc4)cc3C2=O)c1. The number of ether oxygens (including phenoxy) is 1. The van der Waals surface area contributed by atoms with Gasteiger partial charge in [0, 0.05) is 12.1 Å². The number of rotatable bonds is 5. The minimum absolute atomic E-state index is 0.220. The Morgan fingerprint density at radius 2 is 1.82 bits per heavy atom. The fourth-order valence-electron chi connectivity index (χ4n) is 3.45. The van der Waals surface area contributed by atoms with E-state index in [9.17, 15) is 22.8 Å². The van der Waals surface area contributed by atoms with Crippen LogP contribution in [0.3, 0.4) is 0 Å². The van der Waals surface area contributed by atoms with Crippen molar-refractivity contribution in [1.29, 1.82) is 0 Å². The van der Waals surface area contributed by atoms with Crippen LogP contribution in [0.4, 0.5) is 24.5 Å². The minimum atomic E-state index is -4.43. The fourth-order valence-corrected chi connectivity index (χ4v) is 3.45. The molecule has 2 heterocycles. The predicted molar refractivity (Wildman–Crippen MR) is 116 cm³/mol. The van der Waals surface area contributed by atoms with Gasteiger partial charge in [0.15, 0.2) is 0 Å². The van der Waals surface area contributed by atoms with Crippen LogP contribution in [0, 0.1) is 0 Å². The van der Waals surface area contributed by atoms with E-state index in [1.54, 1.807) is 29.2 Å². The van der Waals surface area contributed by atoms with Crippen molar-refractivity contribution in [3.05, 3.63) is 90.3 Å². The second-order valence-electron chi connectivity index (χ2n) is 7.28. The first-order valence-electron chi connectivity index (χ1n) is 9.93. The molecule has 1 aliphatic heterocycles. The summed E-state index contributed by atoms with van der Waals surface area (Å²) in [6.07, 6.45) is 0.275. The molecule has 33 heavy (non-hydrogen) atoms. The Balaban J connectivity index is 1.55. The standard InChI is InChI=1S/C24H18F3N3O3/c1-2-22(31)29-17-11-18(14-28-13-17)30-10-9-15-3-6-20(12-21(15)23(30)32)33-19-7-4-16(5-8-19)24(25,26)27/h2-8,11-14H,1,9-10H2,(H,29,31). The summed E-state index contributed by atoms with van der Waals surface area (Å²) in [6, 6.07) is 11.0. The smallest absolute Gasteiger partial charge is 0.416 e. The van der Waals surface area contributed by atoms with Crippen LogP contribution in [-0.4, -0.2) is 23.3 Å². The van der Waals surface area contributed by atoms with Gasteiger partial charge < -0.3 is 15.0 Å². The van der Waals surface area contributed by atoms with Crippen molar-refractivity contribution >= 4 is 23.2 Å². The molecule has 1 aromatic heterocycles. The maximum Gasteiger partial charge on any atom is 0.416 e. The second kappa shape index (κ2) is 8.78. The highest BCUT2D eigenvalue weighted by atomic mass is 19.4. The molecule has 3 aromatic rings. The molecular weight excluding hydrogens is 435 g/mol. The number of carbonyl (C=O) groups is 2. The van der Waals surface area contributed by atoms with Crippen molar-refractivity contribution in [2.45, 2.75) is 12.6 Å². The lowest BCUT2D eigenvalue weighted by Crippen LogP contribution is -2.37. The van der Waals surface area contributed by atoms with E-state index >= 15 is 0 Å². The molecule has 0 fully saturated rings. The first-order chi connectivity index (χ1) is 15.7. The number of carbonyl (C=O) groups excluding carboxylic acids is 2. The summed E-state index contributed by atoms with van der Waals surface area (Å²) in [5.41, 5.74) is 1.43. The van der Waals surface area contributed by atoms with E-state index in [2.05, 4.69) is 16.9 Å². The summed E-state index contributed by atoms with van der Waals surface area (Å²) in [4.78, 5) is 30.4. The lowest BCUT2D eigenvalue weighted by Gasteiger charge is -2.29. The highest BCUT2D eigenvalue weighted by Crippen LogP contribution is 2.33. The molecular formula is C24H18F3N3O3. The Labute approximate surface area is 187 Å². The van der Waals surface area contributed by atoms with Crippen molar-refractivity contribution in [3.8, 4) is 11.5 Å². The van der Waals surface area contributed by atoms with Crippen molar-refractivity contribution in [3.63, 3.8) is 0 Å². The molecule has 0 bridgehead atoms. The van der Waals surface area contributed by atoms with Crippen molar-refractivity contribution in [2.24, 2.45) is 0 Å². The minimum Gasteiger partial charge on any atom is -0.457 e. The zero-order chi connectivity index (χ0) is 23.6. The Morgan fingerprint density at radius 3 is 2.52 bits per heavy atom. The number of hydrogen-bond acceptors (Lipinski definition) is 4. The van der Waals surface area contributed by atoms with Gasteiger partial charge in [-0.25, -0.2) is 0 Å². The van der Waals surface area contributed by atoms with Crippen molar-refractivity contribution in [2.75, 3.05) is 16.8 Å². The summed E-state index contributed by atoms with van der Waals surface area (Å²) in [5.74, 6) is -0.121. The highest BCUT2D eigenvalue weighted by Gasteiger charge is 2.30. The van der Waals surface area contributed by atoms with Gasteiger partial charge in [0.05, 0.1) is 29.3 Å². The molecule has 1 aliphatic rings. The number of aromatic nitrogens is 1. The van der Waals surface area contributed by atoms with Gasteiger partial charge in [0.2, 0.25) is 5.91 Å². The van der Waals surface area contributed by atoms with Gasteiger partial charge in [0.25, 0.3) is 5.91 Å². The number of nitrogens with one attached hydrogen (secondary N) is 1. The Bertz CT molecular complexity index is 1220. The Morgan fingerprint density at radius 1 is 1.09 bits per heavy atom. The van der Waals surface area contributed by atoms with Crippen LogP contribution in [0.15, 0.2) is 73.6 Å². The number of pyridine rings is 1.